The summed E-state index contributed by atoms with van der Waals surface area (Å²) < 4.78 is 27.5. The molecular formula is C6H15FO3RuSi. The van der Waals surface area contributed by atoms with Gasteiger partial charge in [0.1, 0.15) is 0 Å². The molecule has 0 rings (SSSR count). The smallest absolute Gasteiger partial charge is 0.348 e. The van der Waals surface area contributed by atoms with Gasteiger partial charge in [0.25, 0.3) is 0 Å². The van der Waals surface area contributed by atoms with Gasteiger partial charge in [0.15, 0.2) is 0 Å². The molecule has 0 aliphatic heterocycles. The molecule has 3 nitrogen and oxygen atoms in total. The summed E-state index contributed by atoms with van der Waals surface area (Å²) in [6, 6.07) is 0. The number of hydrogen-bond acceptors (Lipinski definition) is 3. The van der Waals surface area contributed by atoms with E-state index in [0.29, 0.717) is 0 Å². The topological polar surface area (TPSA) is 27.7 Å². The van der Waals surface area contributed by atoms with E-state index in [4.69, 9.17) is 13.3 Å². The van der Waals surface area contributed by atoms with E-state index in [0.717, 1.165) is 0 Å². The van der Waals surface area contributed by atoms with Crippen LogP contribution in [0.3, 0.4) is 0 Å². The Labute approximate surface area is 86.9 Å². The van der Waals surface area contributed by atoms with Crippen molar-refractivity contribution in [3.8, 4) is 0 Å². The van der Waals surface area contributed by atoms with Crippen molar-refractivity contribution in [1.82, 2.24) is 0 Å². The SMILES string of the molecule is CCO[Si](F)(OCC)OCC.[Ru]. The zero-order chi connectivity index (χ0) is 8.74. The van der Waals surface area contributed by atoms with Gasteiger partial charge >= 0.3 is 9.14 Å². The van der Waals surface area contributed by atoms with Gasteiger partial charge in [-0.2, -0.15) is 0 Å². The first-order valence-electron chi connectivity index (χ1n) is 3.79. The van der Waals surface area contributed by atoms with Crippen molar-refractivity contribution in [2.24, 2.45) is 0 Å². The monoisotopic (exact) mass is 284 g/mol. The molecule has 0 spiro atoms. The van der Waals surface area contributed by atoms with Gasteiger partial charge in [-0.15, -0.1) is 0 Å². The first-order chi connectivity index (χ1) is 5.18. The summed E-state index contributed by atoms with van der Waals surface area (Å²) in [5.41, 5.74) is 0. The van der Waals surface area contributed by atoms with E-state index in [9.17, 15) is 4.11 Å². The summed E-state index contributed by atoms with van der Waals surface area (Å²) in [4.78, 5) is 0. The second kappa shape index (κ2) is 8.26. The average Bonchev–Trinajstić information content (AvgIpc) is 1.88. The van der Waals surface area contributed by atoms with Crippen molar-refractivity contribution < 1.29 is 36.9 Å². The Kier molecular flexibility index (Phi) is 10.4. The van der Waals surface area contributed by atoms with Crippen molar-refractivity contribution in [1.29, 1.82) is 0 Å². The number of hydrogen-bond donors (Lipinski definition) is 0. The molecule has 0 saturated heterocycles. The molecule has 0 aliphatic rings. The normalized spacial score (nSPS) is 11.0. The maximum Gasteiger partial charge on any atom is 0.720 e. The molecule has 0 N–H and O–H groups in total. The molecule has 0 aromatic rings. The van der Waals surface area contributed by atoms with Crippen LogP contribution in [0.5, 0.6) is 0 Å². The molecule has 0 aromatic carbocycles. The second-order valence-corrected chi connectivity index (χ2v) is 3.61. The maximum atomic E-state index is 13.3. The summed E-state index contributed by atoms with van der Waals surface area (Å²) in [6.45, 7) is 5.96. The standard InChI is InChI=1S/C6H15FO3Si.Ru/c1-4-8-11(7,9-5-2)10-6-3;/h4-6H2,1-3H3;. The quantitative estimate of drug-likeness (QED) is 0.546. The van der Waals surface area contributed by atoms with Crippen LogP contribution in [0.1, 0.15) is 20.8 Å². The van der Waals surface area contributed by atoms with Gasteiger partial charge < -0.3 is 13.3 Å². The molecule has 76 valence electrons. The van der Waals surface area contributed by atoms with Gasteiger partial charge in [-0.25, -0.2) is 4.11 Å². The van der Waals surface area contributed by atoms with Crippen LogP contribution >= 0.6 is 0 Å². The summed E-state index contributed by atoms with van der Waals surface area (Å²) in [5, 5.41) is 0. The molecule has 0 atom stereocenters. The van der Waals surface area contributed by atoms with E-state index in [1.807, 2.05) is 0 Å². The minimum atomic E-state index is -3.75. The predicted octanol–water partition coefficient (Wildman–Crippen LogP) is 1.50. The first kappa shape index (κ1) is 15.1. The van der Waals surface area contributed by atoms with Crippen molar-refractivity contribution >= 4 is 9.14 Å². The molecule has 0 amide bonds. The molecule has 0 aliphatic carbocycles. The van der Waals surface area contributed by atoms with Gasteiger partial charge in [0.05, 0.1) is 0 Å². The van der Waals surface area contributed by atoms with Crippen molar-refractivity contribution in [2.45, 2.75) is 20.8 Å². The fraction of sp³-hybridized carbons (Fsp3) is 1.00. The van der Waals surface area contributed by atoms with Crippen LogP contribution < -0.4 is 0 Å². The predicted molar refractivity (Wildman–Crippen MR) is 41.7 cm³/mol. The summed E-state index contributed by atoms with van der Waals surface area (Å²) in [5.74, 6) is 0. The third kappa shape index (κ3) is 6.20. The van der Waals surface area contributed by atoms with E-state index in [2.05, 4.69) is 0 Å². The van der Waals surface area contributed by atoms with Crippen LogP contribution in [-0.2, 0) is 32.8 Å². The van der Waals surface area contributed by atoms with Gasteiger partial charge in [0.2, 0.25) is 0 Å². The Morgan fingerprint density at radius 2 is 1.17 bits per heavy atom. The van der Waals surface area contributed by atoms with E-state index in [1.54, 1.807) is 20.8 Å². The molecule has 0 heterocycles. The van der Waals surface area contributed by atoms with Gasteiger partial charge in [-0.05, 0) is 20.8 Å². The molecule has 12 heavy (non-hydrogen) atoms. The molecule has 0 saturated carbocycles. The van der Waals surface area contributed by atoms with E-state index >= 15 is 0 Å². The van der Waals surface area contributed by atoms with Gasteiger partial charge in [-0.1, -0.05) is 0 Å². The Morgan fingerprint density at radius 1 is 0.917 bits per heavy atom. The van der Waals surface area contributed by atoms with Crippen LogP contribution in [0.15, 0.2) is 0 Å². The Morgan fingerprint density at radius 3 is 1.33 bits per heavy atom. The Bertz CT molecular complexity index is 89.8. The van der Waals surface area contributed by atoms with Crippen LogP contribution in [-0.4, -0.2) is 29.0 Å². The fourth-order valence-corrected chi connectivity index (χ4v) is 1.93. The average molecular weight is 283 g/mol. The van der Waals surface area contributed by atoms with Crippen LogP contribution in [0.25, 0.3) is 0 Å². The molecular weight excluding hydrogens is 268 g/mol. The van der Waals surface area contributed by atoms with Gasteiger partial charge in [-0.3, -0.25) is 0 Å². The number of rotatable bonds is 6. The third-order valence-corrected chi connectivity index (χ3v) is 2.85. The number of halogens is 1. The molecule has 0 aromatic heterocycles. The second-order valence-electron chi connectivity index (χ2n) is 1.78. The third-order valence-electron chi connectivity index (χ3n) is 0.950. The zero-order valence-electron chi connectivity index (χ0n) is 7.58. The van der Waals surface area contributed by atoms with Gasteiger partial charge in [0, 0.05) is 39.3 Å². The molecule has 0 radical (unpaired) electrons. The first-order valence-corrected chi connectivity index (χ1v) is 5.39. The van der Waals surface area contributed by atoms with E-state index in [-0.39, 0.29) is 39.3 Å². The molecule has 0 fully saturated rings. The van der Waals surface area contributed by atoms with Crippen molar-refractivity contribution in [2.75, 3.05) is 19.8 Å². The largest absolute Gasteiger partial charge is 0.720 e. The Hall–Kier alpha value is 0.650. The zero-order valence-corrected chi connectivity index (χ0v) is 10.3. The fourth-order valence-electron chi connectivity index (χ4n) is 0.642. The van der Waals surface area contributed by atoms with Crippen LogP contribution in [0.2, 0.25) is 0 Å². The van der Waals surface area contributed by atoms with Crippen molar-refractivity contribution in [3.05, 3.63) is 0 Å². The maximum absolute atomic E-state index is 13.3. The van der Waals surface area contributed by atoms with E-state index in [1.165, 1.54) is 0 Å². The van der Waals surface area contributed by atoms with Crippen molar-refractivity contribution in [3.63, 3.8) is 0 Å². The Balaban J connectivity index is 0. The summed E-state index contributed by atoms with van der Waals surface area (Å²) in [7, 11) is -3.75. The summed E-state index contributed by atoms with van der Waals surface area (Å²) in [6.07, 6.45) is 0. The van der Waals surface area contributed by atoms with E-state index < -0.39 is 9.14 Å². The van der Waals surface area contributed by atoms with Crippen LogP contribution in [0.4, 0.5) is 4.11 Å². The minimum absolute atomic E-state index is 0. The van der Waals surface area contributed by atoms with Crippen LogP contribution in [0, 0.1) is 0 Å². The molecule has 0 bridgehead atoms. The minimum Gasteiger partial charge on any atom is -0.348 e. The molecule has 6 heteroatoms. The molecule has 0 unspecified atom stereocenters. The summed E-state index contributed by atoms with van der Waals surface area (Å²) >= 11 is 0.